The summed E-state index contributed by atoms with van der Waals surface area (Å²) in [6.07, 6.45) is 1.59. The number of rotatable bonds is 6. The number of nitrogens with zero attached hydrogens (tertiary/aromatic N) is 2. The van der Waals surface area contributed by atoms with Crippen LogP contribution in [0, 0.1) is 0 Å². The predicted octanol–water partition coefficient (Wildman–Crippen LogP) is 3.66. The molecule has 0 aliphatic heterocycles. The third-order valence-corrected chi connectivity index (χ3v) is 3.75. The molecule has 3 rings (SSSR count). The van der Waals surface area contributed by atoms with Crippen LogP contribution in [0.5, 0.6) is 5.75 Å². The van der Waals surface area contributed by atoms with Gasteiger partial charge in [-0.25, -0.2) is 4.99 Å². The van der Waals surface area contributed by atoms with Gasteiger partial charge < -0.3 is 15.8 Å². The average Bonchev–Trinajstić information content (AvgIpc) is 3.03. The maximum atomic E-state index is 11.9. The SMILES string of the molecule is COc1cccc(/C=N/c2[nH]nc(Nc3cccc(Cl)c3)c2C(N)=O)c1. The summed E-state index contributed by atoms with van der Waals surface area (Å²) >= 11 is 5.97. The number of nitrogens with two attached hydrogens (primary N) is 1. The molecule has 0 fully saturated rings. The molecule has 0 aliphatic rings. The molecule has 0 atom stereocenters. The number of hydrogen-bond acceptors (Lipinski definition) is 5. The standard InChI is InChI=1S/C18H16ClN5O2/c1-26-14-7-2-4-11(8-14)10-21-17-15(16(20)25)18(24-23-17)22-13-6-3-5-12(19)9-13/h2-10H,1H3,(H2,20,25)(H2,22,23,24)/b21-10+. The maximum absolute atomic E-state index is 11.9. The highest BCUT2D eigenvalue weighted by Crippen LogP contribution is 2.27. The van der Waals surface area contributed by atoms with Crippen molar-refractivity contribution >= 4 is 41.0 Å². The van der Waals surface area contributed by atoms with E-state index >= 15 is 0 Å². The van der Waals surface area contributed by atoms with Crippen LogP contribution in [0.4, 0.5) is 17.3 Å². The zero-order chi connectivity index (χ0) is 18.5. The number of methoxy groups -OCH3 is 1. The predicted molar refractivity (Wildman–Crippen MR) is 102 cm³/mol. The zero-order valence-electron chi connectivity index (χ0n) is 13.9. The number of nitrogens with one attached hydrogen (secondary N) is 2. The summed E-state index contributed by atoms with van der Waals surface area (Å²) in [7, 11) is 1.59. The summed E-state index contributed by atoms with van der Waals surface area (Å²) in [5, 5.41) is 10.4. The Morgan fingerprint density at radius 3 is 2.85 bits per heavy atom. The van der Waals surface area contributed by atoms with E-state index in [4.69, 9.17) is 22.1 Å². The van der Waals surface area contributed by atoms with E-state index in [1.165, 1.54) is 0 Å². The lowest BCUT2D eigenvalue weighted by Gasteiger charge is -2.05. The molecule has 0 aliphatic carbocycles. The molecule has 26 heavy (non-hydrogen) atoms. The van der Waals surface area contributed by atoms with Crippen molar-refractivity contribution in [1.82, 2.24) is 10.2 Å². The summed E-state index contributed by atoms with van der Waals surface area (Å²) in [6, 6.07) is 14.4. The van der Waals surface area contributed by atoms with Gasteiger partial charge in [-0.1, -0.05) is 29.8 Å². The van der Waals surface area contributed by atoms with Crippen LogP contribution >= 0.6 is 11.6 Å². The number of carbonyl (C=O) groups is 1. The van der Waals surface area contributed by atoms with Gasteiger partial charge in [-0.3, -0.25) is 9.89 Å². The number of aromatic nitrogens is 2. The number of halogens is 1. The molecule has 3 aromatic rings. The van der Waals surface area contributed by atoms with Gasteiger partial charge in [0.25, 0.3) is 5.91 Å². The highest BCUT2D eigenvalue weighted by atomic mass is 35.5. The Bertz CT molecular complexity index is 968. The van der Waals surface area contributed by atoms with E-state index in [0.717, 1.165) is 5.56 Å². The lowest BCUT2D eigenvalue weighted by atomic mass is 10.2. The van der Waals surface area contributed by atoms with Crippen molar-refractivity contribution in [2.24, 2.45) is 10.7 Å². The third-order valence-electron chi connectivity index (χ3n) is 3.52. The minimum atomic E-state index is -0.652. The van der Waals surface area contributed by atoms with Gasteiger partial charge in [-0.2, -0.15) is 5.10 Å². The van der Waals surface area contributed by atoms with E-state index in [9.17, 15) is 4.79 Å². The number of H-pyrrole nitrogens is 1. The van der Waals surface area contributed by atoms with Crippen molar-refractivity contribution in [3.05, 3.63) is 64.7 Å². The molecule has 8 heteroatoms. The Balaban J connectivity index is 1.89. The van der Waals surface area contributed by atoms with Gasteiger partial charge >= 0.3 is 0 Å². The molecular formula is C18H16ClN5O2. The summed E-state index contributed by atoms with van der Waals surface area (Å²) in [4.78, 5) is 16.2. The number of aromatic amines is 1. The van der Waals surface area contributed by atoms with Crippen molar-refractivity contribution < 1.29 is 9.53 Å². The molecule has 0 radical (unpaired) electrons. The number of anilines is 2. The molecule has 1 heterocycles. The number of benzene rings is 2. The summed E-state index contributed by atoms with van der Waals surface area (Å²) in [5.74, 6) is 0.584. The van der Waals surface area contributed by atoms with E-state index < -0.39 is 5.91 Å². The van der Waals surface area contributed by atoms with Gasteiger partial charge in [0.05, 0.1) is 7.11 Å². The molecule has 0 bridgehead atoms. The molecule has 1 amide bonds. The van der Waals surface area contributed by atoms with Crippen molar-refractivity contribution in [1.29, 1.82) is 0 Å². The van der Waals surface area contributed by atoms with E-state index in [-0.39, 0.29) is 17.2 Å². The molecule has 2 aromatic carbocycles. The summed E-state index contributed by atoms with van der Waals surface area (Å²) < 4.78 is 5.17. The van der Waals surface area contributed by atoms with Crippen LogP contribution in [0.3, 0.4) is 0 Å². The first kappa shape index (κ1) is 17.5. The Labute approximate surface area is 154 Å². The van der Waals surface area contributed by atoms with E-state index in [0.29, 0.717) is 16.5 Å². The van der Waals surface area contributed by atoms with Crippen LogP contribution < -0.4 is 15.8 Å². The fourth-order valence-corrected chi connectivity index (χ4v) is 2.50. The van der Waals surface area contributed by atoms with Gasteiger partial charge in [0.1, 0.15) is 11.3 Å². The minimum absolute atomic E-state index is 0.157. The van der Waals surface area contributed by atoms with Crippen molar-refractivity contribution in [3.8, 4) is 5.75 Å². The van der Waals surface area contributed by atoms with Crippen molar-refractivity contribution in [2.75, 3.05) is 12.4 Å². The molecular weight excluding hydrogens is 354 g/mol. The van der Waals surface area contributed by atoms with Crippen LogP contribution in [-0.4, -0.2) is 29.4 Å². The number of carbonyl (C=O) groups excluding carboxylic acids is 1. The highest BCUT2D eigenvalue weighted by Gasteiger charge is 2.18. The second kappa shape index (κ2) is 7.71. The smallest absolute Gasteiger partial charge is 0.256 e. The largest absolute Gasteiger partial charge is 0.497 e. The first-order valence-electron chi connectivity index (χ1n) is 7.65. The second-order valence-corrected chi connectivity index (χ2v) is 5.77. The topological polar surface area (TPSA) is 105 Å². The van der Waals surface area contributed by atoms with E-state index in [1.807, 2.05) is 24.3 Å². The van der Waals surface area contributed by atoms with Crippen LogP contribution in [0.15, 0.2) is 53.5 Å². The lowest BCUT2D eigenvalue weighted by Crippen LogP contribution is -2.12. The van der Waals surface area contributed by atoms with E-state index in [1.54, 1.807) is 37.6 Å². The Kier molecular flexibility index (Phi) is 5.19. The fourth-order valence-electron chi connectivity index (χ4n) is 2.31. The molecule has 4 N–H and O–H groups in total. The first-order valence-corrected chi connectivity index (χ1v) is 8.03. The Morgan fingerprint density at radius 2 is 2.12 bits per heavy atom. The van der Waals surface area contributed by atoms with Crippen LogP contribution in [0.25, 0.3) is 0 Å². The zero-order valence-corrected chi connectivity index (χ0v) is 14.6. The van der Waals surface area contributed by atoms with E-state index in [2.05, 4.69) is 20.5 Å². The summed E-state index contributed by atoms with van der Waals surface area (Å²) in [5.41, 5.74) is 7.14. The number of hydrogen-bond donors (Lipinski definition) is 3. The van der Waals surface area contributed by atoms with Gasteiger partial charge in [-0.05, 0) is 35.9 Å². The first-order chi connectivity index (χ1) is 12.6. The molecule has 0 unspecified atom stereocenters. The normalized spacial score (nSPS) is 10.8. The number of primary amides is 1. The summed E-state index contributed by atoms with van der Waals surface area (Å²) in [6.45, 7) is 0. The highest BCUT2D eigenvalue weighted by molar-refractivity contribution is 6.30. The molecule has 0 spiro atoms. The molecule has 0 saturated heterocycles. The minimum Gasteiger partial charge on any atom is -0.497 e. The quantitative estimate of drug-likeness (QED) is 0.576. The molecule has 132 valence electrons. The Morgan fingerprint density at radius 1 is 1.31 bits per heavy atom. The van der Waals surface area contributed by atoms with Gasteiger partial charge in [0, 0.05) is 16.9 Å². The van der Waals surface area contributed by atoms with Gasteiger partial charge in [-0.15, -0.1) is 0 Å². The third kappa shape index (κ3) is 4.01. The van der Waals surface area contributed by atoms with Crippen molar-refractivity contribution in [3.63, 3.8) is 0 Å². The number of aliphatic imine (C=N–C) groups is 1. The van der Waals surface area contributed by atoms with Crippen LogP contribution in [0.1, 0.15) is 15.9 Å². The number of amides is 1. The monoisotopic (exact) mass is 369 g/mol. The maximum Gasteiger partial charge on any atom is 0.256 e. The number of ether oxygens (including phenoxy) is 1. The lowest BCUT2D eigenvalue weighted by molar-refractivity contribution is 0.100. The molecule has 7 nitrogen and oxygen atoms in total. The second-order valence-electron chi connectivity index (χ2n) is 5.33. The Hall–Kier alpha value is -3.32. The average molecular weight is 370 g/mol. The van der Waals surface area contributed by atoms with Crippen LogP contribution in [0.2, 0.25) is 5.02 Å². The van der Waals surface area contributed by atoms with Crippen molar-refractivity contribution in [2.45, 2.75) is 0 Å². The fraction of sp³-hybridized carbons (Fsp3) is 0.0556. The van der Waals surface area contributed by atoms with Gasteiger partial charge in [0.2, 0.25) is 0 Å². The van der Waals surface area contributed by atoms with Crippen LogP contribution in [-0.2, 0) is 0 Å². The molecule has 1 aromatic heterocycles. The molecule has 0 saturated carbocycles. The van der Waals surface area contributed by atoms with Gasteiger partial charge in [0.15, 0.2) is 11.6 Å².